The third-order valence-corrected chi connectivity index (χ3v) is 3.11. The van der Waals surface area contributed by atoms with E-state index in [2.05, 4.69) is 30.3 Å². The minimum Gasteiger partial charge on any atom is -0.481 e. The standard InChI is InChI=1S/C12H18N2O2/c1-12(2,3)11-13-6-9-5-4-8(10(15)16)7-14(9)11/h6,8H,4-5,7H2,1-3H3,(H,15,16). The summed E-state index contributed by atoms with van der Waals surface area (Å²) in [5, 5.41) is 9.06. The van der Waals surface area contributed by atoms with Crippen LogP contribution in [-0.2, 0) is 23.2 Å². The van der Waals surface area contributed by atoms with Crippen LogP contribution in [0.25, 0.3) is 0 Å². The van der Waals surface area contributed by atoms with E-state index in [1.165, 1.54) is 5.69 Å². The van der Waals surface area contributed by atoms with Gasteiger partial charge in [-0.25, -0.2) is 4.98 Å². The average Bonchev–Trinajstić information content (AvgIpc) is 2.58. The van der Waals surface area contributed by atoms with Gasteiger partial charge in [-0.1, -0.05) is 20.8 Å². The van der Waals surface area contributed by atoms with Crippen LogP contribution < -0.4 is 0 Å². The fourth-order valence-electron chi connectivity index (χ4n) is 2.25. The molecule has 0 saturated heterocycles. The lowest BCUT2D eigenvalue weighted by atomic mass is 9.93. The summed E-state index contributed by atoms with van der Waals surface area (Å²) in [5.41, 5.74) is 1.14. The number of carboxylic acid groups (broad SMARTS) is 1. The number of nitrogens with zero attached hydrogens (tertiary/aromatic N) is 2. The minimum atomic E-state index is -0.695. The van der Waals surface area contributed by atoms with E-state index in [4.69, 9.17) is 5.11 Å². The lowest BCUT2D eigenvalue weighted by molar-refractivity contribution is -0.142. The molecule has 4 heteroatoms. The first kappa shape index (κ1) is 11.2. The molecule has 0 radical (unpaired) electrons. The zero-order valence-corrected chi connectivity index (χ0v) is 10.0. The van der Waals surface area contributed by atoms with Crippen LogP contribution in [-0.4, -0.2) is 20.6 Å². The van der Waals surface area contributed by atoms with Crippen molar-refractivity contribution in [3.63, 3.8) is 0 Å². The van der Waals surface area contributed by atoms with E-state index in [1.54, 1.807) is 0 Å². The number of aromatic nitrogens is 2. The van der Waals surface area contributed by atoms with Gasteiger partial charge in [0.15, 0.2) is 0 Å². The van der Waals surface area contributed by atoms with Crippen LogP contribution in [0, 0.1) is 5.92 Å². The Morgan fingerprint density at radius 2 is 2.25 bits per heavy atom. The van der Waals surface area contributed by atoms with Crippen molar-refractivity contribution in [3.8, 4) is 0 Å². The molecule has 2 heterocycles. The normalized spacial score (nSPS) is 20.6. The molecule has 0 spiro atoms. The van der Waals surface area contributed by atoms with Gasteiger partial charge in [-0.3, -0.25) is 4.79 Å². The number of rotatable bonds is 1. The van der Waals surface area contributed by atoms with Crippen molar-refractivity contribution in [2.75, 3.05) is 0 Å². The molecule has 1 unspecified atom stereocenters. The maximum Gasteiger partial charge on any atom is 0.308 e. The summed E-state index contributed by atoms with van der Waals surface area (Å²) in [6, 6.07) is 0. The summed E-state index contributed by atoms with van der Waals surface area (Å²) in [6.45, 7) is 6.88. The summed E-state index contributed by atoms with van der Waals surface area (Å²) in [7, 11) is 0. The molecule has 1 atom stereocenters. The highest BCUT2D eigenvalue weighted by molar-refractivity contribution is 5.70. The first-order chi connectivity index (χ1) is 7.39. The van der Waals surface area contributed by atoms with Gasteiger partial charge in [0.25, 0.3) is 0 Å². The highest BCUT2D eigenvalue weighted by atomic mass is 16.4. The van der Waals surface area contributed by atoms with Crippen LogP contribution in [0.5, 0.6) is 0 Å². The van der Waals surface area contributed by atoms with Crippen molar-refractivity contribution in [2.24, 2.45) is 5.92 Å². The summed E-state index contributed by atoms with van der Waals surface area (Å²) < 4.78 is 2.09. The van der Waals surface area contributed by atoms with Crippen LogP contribution in [0.2, 0.25) is 0 Å². The lowest BCUT2D eigenvalue weighted by Crippen LogP contribution is -2.30. The summed E-state index contributed by atoms with van der Waals surface area (Å²) in [6.07, 6.45) is 3.43. The predicted octanol–water partition coefficient (Wildman–Crippen LogP) is 1.83. The average molecular weight is 222 g/mol. The van der Waals surface area contributed by atoms with Gasteiger partial charge in [0.2, 0.25) is 0 Å². The van der Waals surface area contributed by atoms with E-state index in [0.717, 1.165) is 18.7 Å². The molecule has 88 valence electrons. The third kappa shape index (κ3) is 1.84. The molecule has 0 amide bonds. The Bertz CT molecular complexity index is 415. The Balaban J connectivity index is 2.35. The molecule has 1 aromatic rings. The molecular weight excluding hydrogens is 204 g/mol. The second kappa shape index (κ2) is 3.61. The van der Waals surface area contributed by atoms with Gasteiger partial charge in [-0.05, 0) is 12.8 Å². The monoisotopic (exact) mass is 222 g/mol. The van der Waals surface area contributed by atoms with E-state index in [0.29, 0.717) is 6.54 Å². The van der Waals surface area contributed by atoms with E-state index in [9.17, 15) is 4.79 Å². The Labute approximate surface area is 95.3 Å². The second-order valence-electron chi connectivity index (χ2n) is 5.51. The van der Waals surface area contributed by atoms with Crippen molar-refractivity contribution in [1.29, 1.82) is 0 Å². The number of aliphatic carboxylic acids is 1. The van der Waals surface area contributed by atoms with E-state index < -0.39 is 5.97 Å². The van der Waals surface area contributed by atoms with Crippen LogP contribution in [0.15, 0.2) is 6.20 Å². The fraction of sp³-hybridized carbons (Fsp3) is 0.667. The van der Waals surface area contributed by atoms with Crippen LogP contribution in [0.4, 0.5) is 0 Å². The molecule has 0 fully saturated rings. The van der Waals surface area contributed by atoms with E-state index >= 15 is 0 Å². The maximum atomic E-state index is 11.0. The first-order valence-corrected chi connectivity index (χ1v) is 5.67. The van der Waals surface area contributed by atoms with Gasteiger partial charge < -0.3 is 9.67 Å². The zero-order valence-electron chi connectivity index (χ0n) is 10.0. The van der Waals surface area contributed by atoms with E-state index in [-0.39, 0.29) is 11.3 Å². The molecule has 16 heavy (non-hydrogen) atoms. The van der Waals surface area contributed by atoms with Crippen LogP contribution >= 0.6 is 0 Å². The van der Waals surface area contributed by atoms with Gasteiger partial charge in [0, 0.05) is 23.9 Å². The molecule has 4 nitrogen and oxygen atoms in total. The molecule has 0 saturated carbocycles. The topological polar surface area (TPSA) is 55.1 Å². The quantitative estimate of drug-likeness (QED) is 0.788. The van der Waals surface area contributed by atoms with Crippen molar-refractivity contribution >= 4 is 5.97 Å². The molecule has 0 bridgehead atoms. The molecule has 1 N–H and O–H groups in total. The number of hydrogen-bond donors (Lipinski definition) is 1. The molecule has 0 aliphatic carbocycles. The number of fused-ring (bicyclic) bond motifs is 1. The molecule has 1 aromatic heterocycles. The number of imidazole rings is 1. The summed E-state index contributed by atoms with van der Waals surface area (Å²) in [4.78, 5) is 15.4. The van der Waals surface area contributed by atoms with Gasteiger partial charge in [-0.2, -0.15) is 0 Å². The zero-order chi connectivity index (χ0) is 11.9. The first-order valence-electron chi connectivity index (χ1n) is 5.67. The van der Waals surface area contributed by atoms with Gasteiger partial charge in [0.05, 0.1) is 5.92 Å². The second-order valence-corrected chi connectivity index (χ2v) is 5.51. The van der Waals surface area contributed by atoms with Gasteiger partial charge >= 0.3 is 5.97 Å². The fourth-order valence-corrected chi connectivity index (χ4v) is 2.25. The predicted molar refractivity (Wildman–Crippen MR) is 60.4 cm³/mol. The molecular formula is C12H18N2O2. The Morgan fingerprint density at radius 3 is 2.81 bits per heavy atom. The third-order valence-electron chi connectivity index (χ3n) is 3.11. The molecule has 1 aliphatic rings. The Kier molecular flexibility index (Phi) is 2.52. The highest BCUT2D eigenvalue weighted by Crippen LogP contribution is 2.28. The molecule has 0 aromatic carbocycles. The SMILES string of the molecule is CC(C)(C)c1ncc2n1CC(C(=O)O)CC2. The van der Waals surface area contributed by atoms with Crippen molar-refractivity contribution in [1.82, 2.24) is 9.55 Å². The molecule has 1 aliphatic heterocycles. The number of carboxylic acids is 1. The molecule has 2 rings (SSSR count). The van der Waals surface area contributed by atoms with Gasteiger partial charge in [-0.15, -0.1) is 0 Å². The summed E-state index contributed by atoms with van der Waals surface area (Å²) >= 11 is 0. The number of hydrogen-bond acceptors (Lipinski definition) is 2. The van der Waals surface area contributed by atoms with Crippen LogP contribution in [0.1, 0.15) is 38.7 Å². The number of carbonyl (C=O) groups is 1. The Hall–Kier alpha value is -1.32. The van der Waals surface area contributed by atoms with Crippen LogP contribution in [0.3, 0.4) is 0 Å². The maximum absolute atomic E-state index is 11.0. The summed E-state index contributed by atoms with van der Waals surface area (Å²) in [5.74, 6) is 0.0375. The minimum absolute atomic E-state index is 0.0291. The highest BCUT2D eigenvalue weighted by Gasteiger charge is 2.29. The van der Waals surface area contributed by atoms with E-state index in [1.807, 2.05) is 6.20 Å². The lowest BCUT2D eigenvalue weighted by Gasteiger charge is -2.26. The van der Waals surface area contributed by atoms with Gasteiger partial charge in [0.1, 0.15) is 5.82 Å². The van der Waals surface area contributed by atoms with Crippen molar-refractivity contribution in [3.05, 3.63) is 17.7 Å². The number of aryl methyl sites for hydroxylation is 1. The smallest absolute Gasteiger partial charge is 0.308 e. The Morgan fingerprint density at radius 1 is 1.56 bits per heavy atom. The largest absolute Gasteiger partial charge is 0.481 e. The van der Waals surface area contributed by atoms with Crippen molar-refractivity contribution < 1.29 is 9.90 Å². The van der Waals surface area contributed by atoms with Crippen molar-refractivity contribution in [2.45, 2.75) is 45.6 Å².